The van der Waals surface area contributed by atoms with Crippen molar-refractivity contribution < 1.29 is 24.2 Å². The van der Waals surface area contributed by atoms with E-state index in [0.29, 0.717) is 27.8 Å². The quantitative estimate of drug-likeness (QED) is 0.251. The van der Waals surface area contributed by atoms with Gasteiger partial charge in [0.25, 0.3) is 11.7 Å². The van der Waals surface area contributed by atoms with Gasteiger partial charge in [0, 0.05) is 10.7 Å². The van der Waals surface area contributed by atoms with Gasteiger partial charge in [0.05, 0.1) is 31.4 Å². The molecule has 1 amide bonds. The van der Waals surface area contributed by atoms with Crippen LogP contribution in [0.1, 0.15) is 43.5 Å². The summed E-state index contributed by atoms with van der Waals surface area (Å²) in [5.41, 5.74) is 2.39. The van der Waals surface area contributed by atoms with Crippen molar-refractivity contribution in [2.75, 3.05) is 19.1 Å². The average molecular weight is 506 g/mol. The number of hydrogen-bond donors (Lipinski definition) is 1. The molecule has 0 bridgehead atoms. The molecule has 3 aromatic carbocycles. The number of benzene rings is 3. The van der Waals surface area contributed by atoms with Gasteiger partial charge in [-0.05, 0) is 59.0 Å². The molecule has 0 aliphatic carbocycles. The van der Waals surface area contributed by atoms with Crippen LogP contribution in [0.15, 0.2) is 72.3 Å². The molecule has 0 radical (unpaired) electrons. The van der Waals surface area contributed by atoms with Crippen molar-refractivity contribution in [3.05, 3.63) is 94.0 Å². The Morgan fingerprint density at radius 1 is 0.917 bits per heavy atom. The van der Waals surface area contributed by atoms with E-state index in [2.05, 4.69) is 20.8 Å². The fraction of sp³-hybridized carbons (Fsp3) is 0.241. The fourth-order valence-electron chi connectivity index (χ4n) is 4.33. The van der Waals surface area contributed by atoms with E-state index in [9.17, 15) is 14.7 Å². The third kappa shape index (κ3) is 4.56. The predicted molar refractivity (Wildman–Crippen MR) is 141 cm³/mol. The van der Waals surface area contributed by atoms with Crippen molar-refractivity contribution in [3.63, 3.8) is 0 Å². The van der Waals surface area contributed by atoms with Crippen LogP contribution < -0.4 is 14.4 Å². The van der Waals surface area contributed by atoms with Crippen LogP contribution in [0.5, 0.6) is 11.5 Å². The summed E-state index contributed by atoms with van der Waals surface area (Å²) in [4.78, 5) is 28.2. The molecule has 1 atom stereocenters. The number of anilines is 1. The molecule has 1 fully saturated rings. The van der Waals surface area contributed by atoms with E-state index in [0.717, 1.165) is 5.56 Å². The van der Waals surface area contributed by atoms with Crippen LogP contribution >= 0.6 is 11.6 Å². The first-order valence-corrected chi connectivity index (χ1v) is 11.8. The van der Waals surface area contributed by atoms with Crippen LogP contribution in [0.2, 0.25) is 5.02 Å². The molecule has 0 saturated carbocycles. The van der Waals surface area contributed by atoms with Gasteiger partial charge in [0.15, 0.2) is 0 Å². The third-order valence-corrected chi connectivity index (χ3v) is 6.54. The van der Waals surface area contributed by atoms with Gasteiger partial charge in [0.1, 0.15) is 17.3 Å². The molecule has 1 saturated heterocycles. The molecular weight excluding hydrogens is 478 g/mol. The van der Waals surface area contributed by atoms with E-state index >= 15 is 0 Å². The number of methoxy groups -OCH3 is 2. The number of carbonyl (C=O) groups excluding carboxylic acids is 2. The zero-order valence-electron chi connectivity index (χ0n) is 20.8. The van der Waals surface area contributed by atoms with E-state index in [-0.39, 0.29) is 22.3 Å². The molecule has 1 unspecified atom stereocenters. The summed E-state index contributed by atoms with van der Waals surface area (Å²) < 4.78 is 10.6. The smallest absolute Gasteiger partial charge is 0.300 e. The number of hydrogen-bond acceptors (Lipinski definition) is 5. The number of carbonyl (C=O) groups is 2. The minimum atomic E-state index is -0.865. The molecule has 0 spiro atoms. The number of nitrogens with zero attached hydrogens (tertiary/aromatic N) is 1. The van der Waals surface area contributed by atoms with Crippen molar-refractivity contribution in [3.8, 4) is 11.5 Å². The zero-order valence-corrected chi connectivity index (χ0v) is 21.6. The zero-order chi connectivity index (χ0) is 26.2. The normalized spacial score (nSPS) is 17.4. The summed E-state index contributed by atoms with van der Waals surface area (Å²) in [6.45, 7) is 6.32. The Morgan fingerprint density at radius 2 is 1.56 bits per heavy atom. The molecule has 0 aromatic heterocycles. The van der Waals surface area contributed by atoms with Crippen LogP contribution in [-0.2, 0) is 15.0 Å². The Hall–Kier alpha value is -3.77. The molecule has 1 N–H and O–H groups in total. The van der Waals surface area contributed by atoms with Crippen molar-refractivity contribution in [2.45, 2.75) is 32.2 Å². The van der Waals surface area contributed by atoms with Crippen LogP contribution in [0, 0.1) is 0 Å². The predicted octanol–water partition coefficient (Wildman–Crippen LogP) is 6.28. The number of ether oxygens (including phenoxy) is 2. The number of rotatable bonds is 5. The number of Topliss-reactive ketones (excluding diaryl/α,β-unsaturated/α-hetero) is 1. The summed E-state index contributed by atoms with van der Waals surface area (Å²) in [5.74, 6) is -0.948. The topological polar surface area (TPSA) is 76.1 Å². The van der Waals surface area contributed by atoms with Gasteiger partial charge in [-0.15, -0.1) is 0 Å². The van der Waals surface area contributed by atoms with Gasteiger partial charge < -0.3 is 14.6 Å². The fourth-order valence-corrected chi connectivity index (χ4v) is 4.50. The first-order valence-electron chi connectivity index (χ1n) is 11.5. The van der Waals surface area contributed by atoms with Gasteiger partial charge in [-0.1, -0.05) is 56.6 Å². The molecule has 1 aliphatic rings. The van der Waals surface area contributed by atoms with Crippen LogP contribution in [0.25, 0.3) is 5.76 Å². The molecule has 1 heterocycles. The molecular formula is C29H28ClNO5. The number of halogens is 1. The van der Waals surface area contributed by atoms with E-state index < -0.39 is 17.7 Å². The van der Waals surface area contributed by atoms with Gasteiger partial charge in [-0.25, -0.2) is 0 Å². The highest BCUT2D eigenvalue weighted by Gasteiger charge is 2.47. The summed E-state index contributed by atoms with van der Waals surface area (Å²) in [5, 5.41) is 11.8. The van der Waals surface area contributed by atoms with E-state index in [1.54, 1.807) is 43.5 Å². The summed E-state index contributed by atoms with van der Waals surface area (Å²) in [6, 6.07) is 18.4. The Bertz CT molecular complexity index is 1340. The SMILES string of the molecule is COc1ccc(N2C(=O)C(=O)/C(=C(/O)c3cc(Cl)ccc3OC)C2c2ccc(C(C)(C)C)cc2)cc1. The molecule has 1 aliphatic heterocycles. The van der Waals surface area contributed by atoms with E-state index in [1.165, 1.54) is 18.1 Å². The minimum Gasteiger partial charge on any atom is -0.507 e. The van der Waals surface area contributed by atoms with Gasteiger partial charge in [0.2, 0.25) is 0 Å². The average Bonchev–Trinajstić information content (AvgIpc) is 3.13. The van der Waals surface area contributed by atoms with Crippen LogP contribution in [0.4, 0.5) is 5.69 Å². The molecule has 36 heavy (non-hydrogen) atoms. The standard InChI is InChI=1S/C29H28ClNO5/c1-29(2,3)18-8-6-17(7-9-18)25-24(26(32)22-16-19(30)10-15-23(22)36-5)27(33)28(34)31(25)20-11-13-21(35-4)14-12-20/h6-16,25,32H,1-5H3/b26-24+. The van der Waals surface area contributed by atoms with Crippen molar-refractivity contribution in [1.29, 1.82) is 0 Å². The Kier molecular flexibility index (Phi) is 6.83. The molecule has 7 heteroatoms. The molecule has 4 rings (SSSR count). The highest BCUT2D eigenvalue weighted by Crippen LogP contribution is 2.44. The second-order valence-electron chi connectivity index (χ2n) is 9.58. The van der Waals surface area contributed by atoms with Crippen LogP contribution in [-0.4, -0.2) is 31.0 Å². The Morgan fingerprint density at radius 3 is 2.11 bits per heavy atom. The Labute approximate surface area is 215 Å². The second kappa shape index (κ2) is 9.70. The van der Waals surface area contributed by atoms with E-state index in [4.69, 9.17) is 21.1 Å². The van der Waals surface area contributed by atoms with Crippen LogP contribution in [0.3, 0.4) is 0 Å². The largest absolute Gasteiger partial charge is 0.507 e. The minimum absolute atomic E-state index is 0.0418. The van der Waals surface area contributed by atoms with E-state index in [1.807, 2.05) is 24.3 Å². The van der Waals surface area contributed by atoms with Gasteiger partial charge in [-0.2, -0.15) is 0 Å². The van der Waals surface area contributed by atoms with Gasteiger partial charge in [-0.3, -0.25) is 14.5 Å². The first-order chi connectivity index (χ1) is 17.1. The highest BCUT2D eigenvalue weighted by molar-refractivity contribution is 6.51. The Balaban J connectivity index is 1.95. The highest BCUT2D eigenvalue weighted by atomic mass is 35.5. The third-order valence-electron chi connectivity index (χ3n) is 6.30. The second-order valence-corrected chi connectivity index (χ2v) is 10.0. The monoisotopic (exact) mass is 505 g/mol. The lowest BCUT2D eigenvalue weighted by atomic mass is 9.85. The lowest BCUT2D eigenvalue weighted by Crippen LogP contribution is -2.29. The lowest BCUT2D eigenvalue weighted by molar-refractivity contribution is -0.132. The number of aliphatic hydroxyl groups excluding tert-OH is 1. The lowest BCUT2D eigenvalue weighted by Gasteiger charge is -2.27. The molecule has 6 nitrogen and oxygen atoms in total. The summed E-state index contributed by atoms with van der Waals surface area (Å²) in [7, 11) is 3.01. The number of aliphatic hydroxyl groups is 1. The molecule has 3 aromatic rings. The molecule has 186 valence electrons. The first kappa shape index (κ1) is 25.3. The summed E-state index contributed by atoms with van der Waals surface area (Å²) in [6.07, 6.45) is 0. The van der Waals surface area contributed by atoms with Crippen molar-refractivity contribution in [2.24, 2.45) is 0 Å². The van der Waals surface area contributed by atoms with Crippen molar-refractivity contribution in [1.82, 2.24) is 0 Å². The van der Waals surface area contributed by atoms with Gasteiger partial charge >= 0.3 is 0 Å². The van der Waals surface area contributed by atoms with Crippen molar-refractivity contribution >= 4 is 34.7 Å². The maximum absolute atomic E-state index is 13.4. The summed E-state index contributed by atoms with van der Waals surface area (Å²) >= 11 is 6.19. The maximum Gasteiger partial charge on any atom is 0.300 e. The number of ketones is 1. The maximum atomic E-state index is 13.4. The number of amides is 1.